The summed E-state index contributed by atoms with van der Waals surface area (Å²) in [7, 11) is 1.69. The van der Waals surface area contributed by atoms with Crippen molar-refractivity contribution in [2.45, 2.75) is 85.9 Å². The van der Waals surface area contributed by atoms with Gasteiger partial charge in [0.15, 0.2) is 0 Å². The van der Waals surface area contributed by atoms with Crippen LogP contribution in [0.3, 0.4) is 0 Å². The molecule has 1 aliphatic rings. The van der Waals surface area contributed by atoms with Gasteiger partial charge in [-0.1, -0.05) is 58.4 Å². The summed E-state index contributed by atoms with van der Waals surface area (Å²) in [5, 5.41) is 11.6. The molecule has 2 rings (SSSR count). The number of methoxy groups -OCH3 is 1. The molecule has 1 N–H and O–H groups in total. The van der Waals surface area contributed by atoms with Gasteiger partial charge in [-0.2, -0.15) is 0 Å². The molecule has 3 nitrogen and oxygen atoms in total. The standard InChI is InChI=1S/C26H42O3S2/c1-10-20-24(3,4)12-11-13-26(20,7)22(25(5,6)27)21(29-23(30)31-9)18-14-17(2)15-19(16-18)28-8/h14-16,20-22,27H,10-13H2,1-9H3/t20?,21?,22-,26-/m0/s1. The molecule has 0 amide bonds. The first-order valence-corrected chi connectivity index (χ1v) is 13.1. The maximum atomic E-state index is 11.6. The normalized spacial score (nSPS) is 25.5. The molecule has 0 spiro atoms. The highest BCUT2D eigenvalue weighted by Gasteiger charge is 2.56. The minimum atomic E-state index is -0.953. The predicted molar refractivity (Wildman–Crippen MR) is 137 cm³/mol. The van der Waals surface area contributed by atoms with E-state index in [9.17, 15) is 5.11 Å². The third-order valence-electron chi connectivity index (χ3n) is 7.49. The Morgan fingerprint density at radius 3 is 2.42 bits per heavy atom. The molecule has 4 atom stereocenters. The Kier molecular flexibility index (Phi) is 8.55. The zero-order chi connectivity index (χ0) is 23.6. The summed E-state index contributed by atoms with van der Waals surface area (Å²) in [6.07, 6.45) is 6.10. The highest BCUT2D eigenvalue weighted by atomic mass is 32.2. The predicted octanol–water partition coefficient (Wildman–Crippen LogP) is 7.34. The minimum Gasteiger partial charge on any atom is -0.497 e. The number of rotatable bonds is 7. The third-order valence-corrected chi connectivity index (χ3v) is 8.51. The lowest BCUT2D eigenvalue weighted by molar-refractivity contribution is -0.155. The Bertz CT molecular complexity index is 768. The van der Waals surface area contributed by atoms with E-state index in [2.05, 4.69) is 40.7 Å². The second kappa shape index (κ2) is 10.0. The van der Waals surface area contributed by atoms with Crippen molar-refractivity contribution in [1.82, 2.24) is 0 Å². The minimum absolute atomic E-state index is 0.107. The van der Waals surface area contributed by atoms with Crippen LogP contribution in [0.15, 0.2) is 18.2 Å². The number of thioether (sulfide) groups is 1. The van der Waals surface area contributed by atoms with Gasteiger partial charge < -0.3 is 14.6 Å². The summed E-state index contributed by atoms with van der Waals surface area (Å²) in [5.41, 5.74) is 1.27. The van der Waals surface area contributed by atoms with E-state index in [0.29, 0.717) is 10.3 Å². The molecule has 0 aliphatic heterocycles. The molecule has 1 fully saturated rings. The molecule has 1 saturated carbocycles. The maximum Gasteiger partial charge on any atom is 0.220 e. The van der Waals surface area contributed by atoms with Crippen LogP contribution in [0.5, 0.6) is 5.75 Å². The van der Waals surface area contributed by atoms with E-state index < -0.39 is 5.60 Å². The van der Waals surface area contributed by atoms with E-state index in [0.717, 1.165) is 36.1 Å². The quantitative estimate of drug-likeness (QED) is 0.426. The smallest absolute Gasteiger partial charge is 0.220 e. The van der Waals surface area contributed by atoms with Crippen molar-refractivity contribution in [2.24, 2.45) is 22.7 Å². The van der Waals surface area contributed by atoms with Gasteiger partial charge in [-0.25, -0.2) is 0 Å². The third kappa shape index (κ3) is 5.78. The summed E-state index contributed by atoms with van der Waals surface area (Å²) in [4.78, 5) is 0. The summed E-state index contributed by atoms with van der Waals surface area (Å²) < 4.78 is 12.6. The monoisotopic (exact) mass is 466 g/mol. The molecule has 1 aromatic carbocycles. The number of thiocarbonyl (C=S) groups is 1. The highest BCUT2D eigenvalue weighted by Crippen LogP contribution is 2.61. The van der Waals surface area contributed by atoms with Crippen LogP contribution in [-0.4, -0.2) is 28.5 Å². The lowest BCUT2D eigenvalue weighted by atomic mass is 9.48. The number of benzene rings is 1. The van der Waals surface area contributed by atoms with Gasteiger partial charge in [0.05, 0.1) is 12.7 Å². The second-order valence-electron chi connectivity index (χ2n) is 10.7. The summed E-state index contributed by atoms with van der Waals surface area (Å²) in [6.45, 7) is 15.4. The molecule has 2 unspecified atom stereocenters. The number of ether oxygens (including phenoxy) is 2. The molecule has 1 aromatic rings. The fourth-order valence-corrected chi connectivity index (χ4v) is 6.92. The average Bonchev–Trinajstić information content (AvgIpc) is 2.65. The van der Waals surface area contributed by atoms with Crippen molar-refractivity contribution in [2.75, 3.05) is 13.4 Å². The van der Waals surface area contributed by atoms with E-state index in [-0.39, 0.29) is 22.9 Å². The number of aliphatic hydroxyl groups is 1. The van der Waals surface area contributed by atoms with Gasteiger partial charge >= 0.3 is 0 Å². The Morgan fingerprint density at radius 1 is 1.26 bits per heavy atom. The van der Waals surface area contributed by atoms with Gasteiger partial charge in [0.2, 0.25) is 4.38 Å². The molecule has 5 heteroatoms. The zero-order valence-corrected chi connectivity index (χ0v) is 22.5. The fraction of sp³-hybridized carbons (Fsp3) is 0.731. The van der Waals surface area contributed by atoms with Crippen LogP contribution in [0, 0.1) is 29.6 Å². The molecule has 0 radical (unpaired) electrons. The molecule has 0 bridgehead atoms. The first-order chi connectivity index (χ1) is 14.3. The highest BCUT2D eigenvalue weighted by molar-refractivity contribution is 8.22. The Hall–Kier alpha value is -0.780. The topological polar surface area (TPSA) is 38.7 Å². The largest absolute Gasteiger partial charge is 0.497 e. The van der Waals surface area contributed by atoms with Gasteiger partial charge in [-0.3, -0.25) is 0 Å². The summed E-state index contributed by atoms with van der Waals surface area (Å²) >= 11 is 6.97. The molecule has 176 valence electrons. The Morgan fingerprint density at radius 2 is 1.90 bits per heavy atom. The van der Waals surface area contributed by atoms with E-state index in [1.807, 2.05) is 32.2 Å². The van der Waals surface area contributed by atoms with Crippen LogP contribution >= 0.6 is 24.0 Å². The lowest BCUT2D eigenvalue weighted by Gasteiger charge is -2.58. The van der Waals surface area contributed by atoms with Crippen LogP contribution in [0.4, 0.5) is 0 Å². The SMILES string of the molecule is CCC1C(C)(C)CCC[C@]1(C)[C@@H](C(OC(=S)SC)c1cc(C)cc(OC)c1)C(C)(C)O. The van der Waals surface area contributed by atoms with Crippen LogP contribution in [0.2, 0.25) is 0 Å². The van der Waals surface area contributed by atoms with E-state index >= 15 is 0 Å². The van der Waals surface area contributed by atoms with Crippen molar-refractivity contribution >= 4 is 28.4 Å². The van der Waals surface area contributed by atoms with Crippen molar-refractivity contribution in [3.05, 3.63) is 29.3 Å². The Balaban J connectivity index is 2.73. The molecular formula is C26H42O3S2. The molecule has 31 heavy (non-hydrogen) atoms. The number of aryl methyl sites for hydroxylation is 1. The average molecular weight is 467 g/mol. The van der Waals surface area contributed by atoms with Gasteiger partial charge in [0, 0.05) is 5.92 Å². The lowest BCUT2D eigenvalue weighted by Crippen LogP contribution is -2.54. The first kappa shape index (κ1) is 26.5. The maximum absolute atomic E-state index is 11.6. The summed E-state index contributed by atoms with van der Waals surface area (Å²) in [5.74, 6) is 1.13. The number of hydrogen-bond donors (Lipinski definition) is 1. The van der Waals surface area contributed by atoms with E-state index in [1.54, 1.807) is 7.11 Å². The molecule has 1 aliphatic carbocycles. The van der Waals surface area contributed by atoms with Crippen molar-refractivity contribution < 1.29 is 14.6 Å². The van der Waals surface area contributed by atoms with Crippen LogP contribution in [-0.2, 0) is 4.74 Å². The van der Waals surface area contributed by atoms with Crippen LogP contribution in [0.1, 0.15) is 84.5 Å². The van der Waals surface area contributed by atoms with Crippen molar-refractivity contribution in [3.63, 3.8) is 0 Å². The van der Waals surface area contributed by atoms with Crippen molar-refractivity contribution in [1.29, 1.82) is 0 Å². The van der Waals surface area contributed by atoms with E-state index in [4.69, 9.17) is 21.7 Å². The van der Waals surface area contributed by atoms with Crippen LogP contribution in [0.25, 0.3) is 0 Å². The fourth-order valence-electron chi connectivity index (χ4n) is 6.62. The van der Waals surface area contributed by atoms with E-state index in [1.165, 1.54) is 18.2 Å². The van der Waals surface area contributed by atoms with Crippen molar-refractivity contribution in [3.8, 4) is 5.75 Å². The molecular weight excluding hydrogens is 424 g/mol. The van der Waals surface area contributed by atoms with Gasteiger partial charge in [0.25, 0.3) is 0 Å². The second-order valence-corrected chi connectivity index (χ2v) is 12.1. The number of hydrogen-bond acceptors (Lipinski definition) is 5. The van der Waals surface area contributed by atoms with Gasteiger partial charge in [-0.15, -0.1) is 0 Å². The molecule has 0 saturated heterocycles. The van der Waals surface area contributed by atoms with Crippen LogP contribution < -0.4 is 4.74 Å². The zero-order valence-electron chi connectivity index (χ0n) is 20.9. The van der Waals surface area contributed by atoms with Gasteiger partial charge in [0.1, 0.15) is 11.9 Å². The Labute approximate surface area is 199 Å². The molecule has 0 heterocycles. The van der Waals surface area contributed by atoms with Gasteiger partial charge in [-0.05, 0) is 92.1 Å². The first-order valence-electron chi connectivity index (χ1n) is 11.4. The summed E-state index contributed by atoms with van der Waals surface area (Å²) in [6, 6.07) is 6.21. The molecule has 0 aromatic heterocycles.